The molecule has 2 fully saturated rings. The molecule has 4 rings (SSSR count). The summed E-state index contributed by atoms with van der Waals surface area (Å²) in [5.74, 6) is 1.46. The van der Waals surface area contributed by atoms with E-state index < -0.39 is 0 Å². The number of hydrogen-bond donors (Lipinski definition) is 1. The quantitative estimate of drug-likeness (QED) is 0.877. The first kappa shape index (κ1) is 16.5. The second kappa shape index (κ2) is 6.75. The van der Waals surface area contributed by atoms with E-state index in [1.165, 1.54) is 19.3 Å². The maximum absolute atomic E-state index is 12.7. The van der Waals surface area contributed by atoms with E-state index in [2.05, 4.69) is 34.1 Å². The number of carbonyl (C=O) groups excluding carboxylic acids is 1. The molecule has 0 aromatic carbocycles. The number of nitrogens with one attached hydrogen (secondary N) is 1. The van der Waals surface area contributed by atoms with Crippen molar-refractivity contribution in [3.8, 4) is 0 Å². The van der Waals surface area contributed by atoms with E-state index in [0.29, 0.717) is 23.2 Å². The Labute approximate surface area is 148 Å². The fourth-order valence-corrected chi connectivity index (χ4v) is 4.53. The lowest BCUT2D eigenvalue weighted by molar-refractivity contribution is 0.0924. The van der Waals surface area contributed by atoms with E-state index in [1.54, 1.807) is 10.7 Å². The van der Waals surface area contributed by atoms with Gasteiger partial charge in [-0.15, -0.1) is 0 Å². The van der Waals surface area contributed by atoms with Gasteiger partial charge in [-0.2, -0.15) is 5.10 Å². The minimum absolute atomic E-state index is 0.0310. The third kappa shape index (κ3) is 3.15. The van der Waals surface area contributed by atoms with Crippen LogP contribution >= 0.6 is 0 Å². The van der Waals surface area contributed by atoms with Crippen LogP contribution in [0, 0.1) is 11.8 Å². The second-order valence-electron chi connectivity index (χ2n) is 7.50. The SMILES string of the molecule is CCN(CC)Cc1cnc2c(C(=O)N[C@@H]3C[C@H]4CC[C@@H]3C4)cnn2c1. The highest BCUT2D eigenvalue weighted by molar-refractivity contribution is 5.99. The van der Waals surface area contributed by atoms with Gasteiger partial charge in [-0.25, -0.2) is 9.50 Å². The van der Waals surface area contributed by atoms with Crippen molar-refractivity contribution in [1.82, 2.24) is 24.8 Å². The smallest absolute Gasteiger partial charge is 0.256 e. The molecule has 25 heavy (non-hydrogen) atoms. The Balaban J connectivity index is 1.49. The summed E-state index contributed by atoms with van der Waals surface area (Å²) in [7, 11) is 0. The molecule has 134 valence electrons. The van der Waals surface area contributed by atoms with Crippen molar-refractivity contribution in [3.63, 3.8) is 0 Å². The fourth-order valence-electron chi connectivity index (χ4n) is 4.53. The molecular formula is C19H27N5O. The number of fused-ring (bicyclic) bond motifs is 3. The summed E-state index contributed by atoms with van der Waals surface area (Å²) in [6.07, 6.45) is 10.5. The Hall–Kier alpha value is -1.95. The summed E-state index contributed by atoms with van der Waals surface area (Å²) >= 11 is 0. The van der Waals surface area contributed by atoms with Crippen LogP contribution in [-0.2, 0) is 6.54 Å². The first-order valence-corrected chi connectivity index (χ1v) is 9.53. The van der Waals surface area contributed by atoms with E-state index in [0.717, 1.165) is 37.5 Å². The van der Waals surface area contributed by atoms with Crippen molar-refractivity contribution in [2.24, 2.45) is 11.8 Å². The molecule has 2 aliphatic carbocycles. The molecule has 0 unspecified atom stereocenters. The number of rotatable bonds is 6. The molecule has 6 heteroatoms. The van der Waals surface area contributed by atoms with E-state index >= 15 is 0 Å². The molecule has 0 saturated heterocycles. The normalized spacial score (nSPS) is 25.2. The van der Waals surface area contributed by atoms with Crippen LogP contribution in [0.5, 0.6) is 0 Å². The molecule has 6 nitrogen and oxygen atoms in total. The number of carbonyl (C=O) groups is 1. The first-order chi connectivity index (χ1) is 12.2. The molecule has 3 atom stereocenters. The number of amides is 1. The zero-order valence-electron chi connectivity index (χ0n) is 15.1. The summed E-state index contributed by atoms with van der Waals surface area (Å²) in [5, 5.41) is 7.59. The highest BCUT2D eigenvalue weighted by Gasteiger charge is 2.40. The summed E-state index contributed by atoms with van der Waals surface area (Å²) < 4.78 is 1.73. The molecular weight excluding hydrogens is 314 g/mol. The van der Waals surface area contributed by atoms with Crippen LogP contribution in [-0.4, -0.2) is 44.5 Å². The molecule has 2 heterocycles. The Morgan fingerprint density at radius 1 is 1.28 bits per heavy atom. The molecule has 1 N–H and O–H groups in total. The fraction of sp³-hybridized carbons (Fsp3) is 0.632. The van der Waals surface area contributed by atoms with Crippen molar-refractivity contribution in [2.75, 3.05) is 13.1 Å². The topological polar surface area (TPSA) is 62.5 Å². The Kier molecular flexibility index (Phi) is 4.46. The Morgan fingerprint density at radius 2 is 2.12 bits per heavy atom. The molecule has 1 amide bonds. The summed E-state index contributed by atoms with van der Waals surface area (Å²) in [4.78, 5) is 19.5. The average Bonchev–Trinajstić information content (AvgIpc) is 3.34. The zero-order valence-corrected chi connectivity index (χ0v) is 15.1. The molecule has 0 spiro atoms. The van der Waals surface area contributed by atoms with Gasteiger partial charge in [0.15, 0.2) is 5.65 Å². The van der Waals surface area contributed by atoms with E-state index in [-0.39, 0.29) is 5.91 Å². The van der Waals surface area contributed by atoms with E-state index in [9.17, 15) is 4.79 Å². The molecule has 0 radical (unpaired) electrons. The minimum atomic E-state index is -0.0310. The third-order valence-electron chi connectivity index (χ3n) is 6.01. The van der Waals surface area contributed by atoms with Crippen molar-refractivity contribution >= 4 is 11.6 Å². The first-order valence-electron chi connectivity index (χ1n) is 9.53. The predicted octanol–water partition coefficient (Wildman–Crippen LogP) is 2.49. The van der Waals surface area contributed by atoms with Gasteiger partial charge < -0.3 is 5.32 Å². The summed E-state index contributed by atoms with van der Waals surface area (Å²) in [5.41, 5.74) is 2.33. The Bertz CT molecular complexity index is 766. The molecule has 2 aromatic heterocycles. The number of aromatic nitrogens is 3. The van der Waals surface area contributed by atoms with Gasteiger partial charge in [0.25, 0.3) is 5.91 Å². The van der Waals surface area contributed by atoms with Gasteiger partial charge in [-0.3, -0.25) is 9.69 Å². The van der Waals surface area contributed by atoms with Crippen molar-refractivity contribution in [1.29, 1.82) is 0 Å². The highest BCUT2D eigenvalue weighted by Crippen LogP contribution is 2.44. The maximum atomic E-state index is 12.7. The summed E-state index contributed by atoms with van der Waals surface area (Å²) in [6, 6.07) is 0.336. The Morgan fingerprint density at radius 3 is 2.80 bits per heavy atom. The van der Waals surface area contributed by atoms with Gasteiger partial charge in [-0.1, -0.05) is 20.3 Å². The van der Waals surface area contributed by atoms with Crippen molar-refractivity contribution in [3.05, 3.63) is 29.7 Å². The number of nitrogens with zero attached hydrogens (tertiary/aromatic N) is 4. The van der Waals surface area contributed by atoms with E-state index in [4.69, 9.17) is 0 Å². The van der Waals surface area contributed by atoms with Crippen molar-refractivity contribution < 1.29 is 4.79 Å². The monoisotopic (exact) mass is 341 g/mol. The largest absolute Gasteiger partial charge is 0.349 e. The van der Waals surface area contributed by atoms with Crippen LogP contribution in [0.4, 0.5) is 0 Å². The average molecular weight is 341 g/mol. The van der Waals surface area contributed by atoms with Crippen molar-refractivity contribution in [2.45, 2.75) is 52.1 Å². The van der Waals surface area contributed by atoms with Crippen LogP contribution < -0.4 is 5.32 Å². The van der Waals surface area contributed by atoms with Gasteiger partial charge in [0.2, 0.25) is 0 Å². The minimum Gasteiger partial charge on any atom is -0.349 e. The second-order valence-corrected chi connectivity index (χ2v) is 7.50. The van der Waals surface area contributed by atoms with Gasteiger partial charge in [0.1, 0.15) is 5.56 Å². The molecule has 2 aliphatic rings. The lowest BCUT2D eigenvalue weighted by Gasteiger charge is -2.22. The van der Waals surface area contributed by atoms with Gasteiger partial charge in [-0.05, 0) is 44.2 Å². The molecule has 2 aromatic rings. The molecule has 2 saturated carbocycles. The highest BCUT2D eigenvalue weighted by atomic mass is 16.1. The third-order valence-corrected chi connectivity index (χ3v) is 6.01. The lowest BCUT2D eigenvalue weighted by Crippen LogP contribution is -2.38. The van der Waals surface area contributed by atoms with Crippen LogP contribution in [0.1, 0.15) is 55.5 Å². The van der Waals surface area contributed by atoms with Gasteiger partial charge in [0.05, 0.1) is 6.20 Å². The molecule has 2 bridgehead atoms. The van der Waals surface area contributed by atoms with Crippen LogP contribution in [0.25, 0.3) is 5.65 Å². The standard InChI is InChI=1S/C19H27N5O/c1-3-23(4-2)11-14-9-20-18-16(10-21-24(18)12-14)19(25)22-17-8-13-5-6-15(17)7-13/h9-10,12-13,15,17H,3-8,11H2,1-2H3,(H,22,25)/t13-,15+,17+/m0/s1. The van der Waals surface area contributed by atoms with Crippen LogP contribution in [0.3, 0.4) is 0 Å². The van der Waals surface area contributed by atoms with Gasteiger partial charge in [0, 0.05) is 30.5 Å². The zero-order chi connectivity index (χ0) is 17.4. The van der Waals surface area contributed by atoms with Crippen LogP contribution in [0.15, 0.2) is 18.6 Å². The van der Waals surface area contributed by atoms with Gasteiger partial charge >= 0.3 is 0 Å². The predicted molar refractivity (Wildman–Crippen MR) is 96.3 cm³/mol. The molecule has 0 aliphatic heterocycles. The summed E-state index contributed by atoms with van der Waals surface area (Å²) in [6.45, 7) is 7.17. The number of hydrogen-bond acceptors (Lipinski definition) is 4. The lowest BCUT2D eigenvalue weighted by atomic mass is 9.95. The maximum Gasteiger partial charge on any atom is 0.256 e. The van der Waals surface area contributed by atoms with E-state index in [1.807, 2.05) is 12.4 Å². The van der Waals surface area contributed by atoms with Crippen LogP contribution in [0.2, 0.25) is 0 Å².